The molecule has 0 saturated heterocycles. The van der Waals surface area contributed by atoms with E-state index in [0.29, 0.717) is 35.3 Å². The summed E-state index contributed by atoms with van der Waals surface area (Å²) in [7, 11) is 3.10. The number of aryl methyl sites for hydroxylation is 1. The molecule has 0 fully saturated rings. The Hall–Kier alpha value is -2.87. The number of carbonyl (C=O) groups excluding carboxylic acids is 1. The first-order chi connectivity index (χ1) is 13.1. The van der Waals surface area contributed by atoms with Gasteiger partial charge in [0, 0.05) is 28.9 Å². The van der Waals surface area contributed by atoms with Crippen LogP contribution in [-0.2, 0) is 11.2 Å². The Morgan fingerprint density at radius 2 is 1.93 bits per heavy atom. The third-order valence-corrected chi connectivity index (χ3v) is 4.35. The molecule has 1 amide bonds. The maximum Gasteiger partial charge on any atom is 0.227 e. The van der Waals surface area contributed by atoms with Crippen molar-refractivity contribution in [1.82, 2.24) is 10.1 Å². The van der Waals surface area contributed by atoms with E-state index in [4.69, 9.17) is 14.0 Å². The quantitative estimate of drug-likeness (QED) is 0.606. The number of aromatic nitrogens is 2. The van der Waals surface area contributed by atoms with Crippen LogP contribution in [0.3, 0.4) is 0 Å². The fourth-order valence-corrected chi connectivity index (χ4v) is 2.67. The smallest absolute Gasteiger partial charge is 0.227 e. The summed E-state index contributed by atoms with van der Waals surface area (Å²) in [6.45, 7) is 0. The number of amides is 1. The number of methoxy groups -OCH3 is 2. The van der Waals surface area contributed by atoms with E-state index in [1.54, 1.807) is 25.3 Å². The molecular weight excluding hydrogens is 414 g/mol. The van der Waals surface area contributed by atoms with Crippen LogP contribution in [0.4, 0.5) is 5.69 Å². The number of nitrogens with zero attached hydrogens (tertiary/aromatic N) is 2. The average Bonchev–Trinajstić information content (AvgIpc) is 3.16. The van der Waals surface area contributed by atoms with Gasteiger partial charge in [0.2, 0.25) is 17.6 Å². The van der Waals surface area contributed by atoms with E-state index in [1.807, 2.05) is 24.3 Å². The number of carbonyl (C=O) groups is 1. The zero-order valence-corrected chi connectivity index (χ0v) is 16.4. The third kappa shape index (κ3) is 4.85. The normalized spacial score (nSPS) is 10.5. The fourth-order valence-electron chi connectivity index (χ4n) is 2.41. The molecule has 0 radical (unpaired) electrons. The molecule has 2 aromatic carbocycles. The molecule has 0 atom stereocenters. The van der Waals surface area contributed by atoms with Crippen molar-refractivity contribution in [3.63, 3.8) is 0 Å². The molecule has 1 heterocycles. The number of ether oxygens (including phenoxy) is 2. The largest absolute Gasteiger partial charge is 0.497 e. The van der Waals surface area contributed by atoms with Crippen molar-refractivity contribution in [2.45, 2.75) is 12.8 Å². The van der Waals surface area contributed by atoms with Crippen LogP contribution >= 0.6 is 15.9 Å². The molecule has 0 unspecified atom stereocenters. The number of hydrogen-bond acceptors (Lipinski definition) is 6. The highest BCUT2D eigenvalue weighted by Gasteiger charge is 2.13. The molecule has 7 nitrogen and oxygen atoms in total. The van der Waals surface area contributed by atoms with Crippen LogP contribution in [0.5, 0.6) is 11.5 Å². The van der Waals surface area contributed by atoms with Gasteiger partial charge in [-0.05, 0) is 36.4 Å². The Morgan fingerprint density at radius 3 is 2.63 bits per heavy atom. The maximum absolute atomic E-state index is 12.2. The molecule has 140 valence electrons. The zero-order valence-electron chi connectivity index (χ0n) is 14.9. The molecule has 8 heteroatoms. The monoisotopic (exact) mass is 431 g/mol. The first-order valence-corrected chi connectivity index (χ1v) is 8.98. The van der Waals surface area contributed by atoms with Gasteiger partial charge in [-0.2, -0.15) is 4.98 Å². The number of nitrogens with one attached hydrogen (secondary N) is 1. The molecule has 0 saturated carbocycles. The van der Waals surface area contributed by atoms with Gasteiger partial charge in [0.25, 0.3) is 0 Å². The van der Waals surface area contributed by atoms with Gasteiger partial charge in [0.1, 0.15) is 11.5 Å². The molecule has 0 aliphatic carbocycles. The van der Waals surface area contributed by atoms with Crippen molar-refractivity contribution in [2.75, 3.05) is 19.5 Å². The van der Waals surface area contributed by atoms with Crippen LogP contribution in [0.25, 0.3) is 11.4 Å². The molecule has 0 spiro atoms. The maximum atomic E-state index is 12.2. The topological polar surface area (TPSA) is 86.5 Å². The molecule has 27 heavy (non-hydrogen) atoms. The van der Waals surface area contributed by atoms with Crippen LogP contribution in [0, 0.1) is 0 Å². The minimum Gasteiger partial charge on any atom is -0.497 e. The molecule has 1 N–H and O–H groups in total. The summed E-state index contributed by atoms with van der Waals surface area (Å²) < 4.78 is 16.6. The number of benzene rings is 2. The summed E-state index contributed by atoms with van der Waals surface area (Å²) in [6.07, 6.45) is 0.547. The Morgan fingerprint density at radius 1 is 1.15 bits per heavy atom. The second-order valence-electron chi connectivity index (χ2n) is 5.63. The van der Waals surface area contributed by atoms with Gasteiger partial charge in [-0.1, -0.05) is 21.1 Å². The Balaban J connectivity index is 1.59. The van der Waals surface area contributed by atoms with Gasteiger partial charge in [-0.15, -0.1) is 0 Å². The van der Waals surface area contributed by atoms with E-state index in [1.165, 1.54) is 7.11 Å². The second-order valence-corrected chi connectivity index (χ2v) is 6.55. The third-order valence-electron chi connectivity index (χ3n) is 3.82. The average molecular weight is 432 g/mol. The Kier molecular flexibility index (Phi) is 6.08. The molecule has 0 bridgehead atoms. The van der Waals surface area contributed by atoms with E-state index in [0.717, 1.165) is 10.0 Å². The number of hydrogen-bond donors (Lipinski definition) is 1. The van der Waals surface area contributed by atoms with Crippen LogP contribution in [-0.4, -0.2) is 30.3 Å². The predicted molar refractivity (Wildman–Crippen MR) is 104 cm³/mol. The lowest BCUT2D eigenvalue weighted by atomic mass is 10.2. The lowest BCUT2D eigenvalue weighted by Gasteiger charge is -2.11. The summed E-state index contributed by atoms with van der Waals surface area (Å²) in [5.74, 6) is 1.90. The highest BCUT2D eigenvalue weighted by Crippen LogP contribution is 2.29. The Labute approximate surface area is 164 Å². The first kappa shape index (κ1) is 18.9. The number of halogens is 1. The van der Waals surface area contributed by atoms with Gasteiger partial charge in [0.15, 0.2) is 0 Å². The highest BCUT2D eigenvalue weighted by molar-refractivity contribution is 9.10. The van der Waals surface area contributed by atoms with Crippen LogP contribution in [0.1, 0.15) is 12.3 Å². The summed E-state index contributed by atoms with van der Waals surface area (Å²) in [4.78, 5) is 16.6. The second kappa shape index (κ2) is 8.68. The minimum atomic E-state index is -0.179. The fraction of sp³-hybridized carbons (Fsp3) is 0.211. The number of anilines is 1. The first-order valence-electron chi connectivity index (χ1n) is 8.19. The Bertz CT molecular complexity index is 925. The van der Waals surface area contributed by atoms with Gasteiger partial charge >= 0.3 is 0 Å². The van der Waals surface area contributed by atoms with Crippen molar-refractivity contribution in [3.05, 3.63) is 52.8 Å². The van der Waals surface area contributed by atoms with Crippen molar-refractivity contribution in [2.24, 2.45) is 0 Å². The van der Waals surface area contributed by atoms with E-state index in [2.05, 4.69) is 31.4 Å². The van der Waals surface area contributed by atoms with E-state index >= 15 is 0 Å². The van der Waals surface area contributed by atoms with Gasteiger partial charge in [-0.25, -0.2) is 0 Å². The van der Waals surface area contributed by atoms with Gasteiger partial charge in [-0.3, -0.25) is 4.79 Å². The molecule has 1 aromatic heterocycles. The summed E-state index contributed by atoms with van der Waals surface area (Å²) in [5.41, 5.74) is 1.42. The van der Waals surface area contributed by atoms with Crippen molar-refractivity contribution in [3.8, 4) is 22.9 Å². The summed E-state index contributed by atoms with van der Waals surface area (Å²) in [6, 6.07) is 12.8. The van der Waals surface area contributed by atoms with Crippen molar-refractivity contribution < 1.29 is 18.8 Å². The molecule has 0 aliphatic heterocycles. The summed E-state index contributed by atoms with van der Waals surface area (Å²) in [5, 5.41) is 6.77. The standard InChI is InChI=1S/C19H18BrN3O4/c1-25-14-7-8-15(16(11-14)26-2)21-17(24)9-10-18-22-19(23-27-18)12-3-5-13(20)6-4-12/h3-8,11H,9-10H2,1-2H3,(H,21,24). The van der Waals surface area contributed by atoms with E-state index < -0.39 is 0 Å². The molecular formula is C19H18BrN3O4. The minimum absolute atomic E-state index is 0.179. The van der Waals surface area contributed by atoms with Crippen molar-refractivity contribution >= 4 is 27.5 Å². The molecule has 3 rings (SSSR count). The van der Waals surface area contributed by atoms with Crippen LogP contribution < -0.4 is 14.8 Å². The highest BCUT2D eigenvalue weighted by atomic mass is 79.9. The van der Waals surface area contributed by atoms with Crippen molar-refractivity contribution in [1.29, 1.82) is 0 Å². The lowest BCUT2D eigenvalue weighted by Crippen LogP contribution is -2.13. The number of rotatable bonds is 7. The van der Waals surface area contributed by atoms with E-state index in [9.17, 15) is 4.79 Å². The van der Waals surface area contributed by atoms with Crippen LogP contribution in [0.15, 0.2) is 51.5 Å². The summed E-state index contributed by atoms with van der Waals surface area (Å²) >= 11 is 3.38. The SMILES string of the molecule is COc1ccc(NC(=O)CCc2nc(-c3ccc(Br)cc3)no2)c(OC)c1. The van der Waals surface area contributed by atoms with E-state index in [-0.39, 0.29) is 12.3 Å². The predicted octanol–water partition coefficient (Wildman–Crippen LogP) is 4.09. The van der Waals surface area contributed by atoms with Crippen LogP contribution in [0.2, 0.25) is 0 Å². The molecule has 0 aliphatic rings. The molecule has 3 aromatic rings. The van der Waals surface area contributed by atoms with Gasteiger partial charge < -0.3 is 19.3 Å². The lowest BCUT2D eigenvalue weighted by molar-refractivity contribution is -0.116. The zero-order chi connectivity index (χ0) is 19.2. The van der Waals surface area contributed by atoms with Gasteiger partial charge in [0.05, 0.1) is 19.9 Å².